The van der Waals surface area contributed by atoms with Crippen molar-refractivity contribution < 1.29 is 32.6 Å². The van der Waals surface area contributed by atoms with E-state index in [4.69, 9.17) is 0 Å². The number of urea groups is 1. The molecular formula is C16H18F3N3O4. The number of anilines is 1. The normalized spacial score (nSPS) is 25.0. The third-order valence-corrected chi connectivity index (χ3v) is 4.95. The van der Waals surface area contributed by atoms with Crippen molar-refractivity contribution in [2.45, 2.75) is 25.4 Å². The number of rotatable bonds is 4. The number of carbonyl (C=O) groups is 2. The van der Waals surface area contributed by atoms with Gasteiger partial charge < -0.3 is 20.1 Å². The SMILES string of the molecule is O=C(Nc1ccnc(OCC(F)(F)F)c1)N1C[C@@H]2CCC[C@@]2(C(=O)O)C1. The predicted molar refractivity (Wildman–Crippen MR) is 83.8 cm³/mol. The van der Waals surface area contributed by atoms with Crippen molar-refractivity contribution in [1.29, 1.82) is 0 Å². The predicted octanol–water partition coefficient (Wildman–Crippen LogP) is 2.74. The maximum atomic E-state index is 12.4. The van der Waals surface area contributed by atoms with Gasteiger partial charge in [0.25, 0.3) is 0 Å². The number of hydrogen-bond donors (Lipinski definition) is 2. The Morgan fingerprint density at radius 1 is 1.46 bits per heavy atom. The number of aromatic nitrogens is 1. The third kappa shape index (κ3) is 3.68. The summed E-state index contributed by atoms with van der Waals surface area (Å²) in [7, 11) is 0. The molecule has 26 heavy (non-hydrogen) atoms. The van der Waals surface area contributed by atoms with Crippen LogP contribution < -0.4 is 10.1 Å². The van der Waals surface area contributed by atoms with Crippen molar-refractivity contribution in [3.05, 3.63) is 18.3 Å². The van der Waals surface area contributed by atoms with Gasteiger partial charge in [-0.15, -0.1) is 0 Å². The Morgan fingerprint density at radius 3 is 2.88 bits per heavy atom. The quantitative estimate of drug-likeness (QED) is 0.847. The summed E-state index contributed by atoms with van der Waals surface area (Å²) in [5.74, 6) is -1.23. The highest BCUT2D eigenvalue weighted by molar-refractivity contribution is 5.90. The first-order chi connectivity index (χ1) is 12.2. The number of aliphatic carboxylic acids is 1. The fourth-order valence-corrected chi connectivity index (χ4v) is 3.72. The van der Waals surface area contributed by atoms with Crippen LogP contribution in [-0.4, -0.2) is 52.9 Å². The van der Waals surface area contributed by atoms with Crippen molar-refractivity contribution >= 4 is 17.7 Å². The fraction of sp³-hybridized carbons (Fsp3) is 0.562. The lowest BCUT2D eigenvalue weighted by atomic mass is 9.81. The number of halogens is 3. The number of fused-ring (bicyclic) bond motifs is 1. The summed E-state index contributed by atoms with van der Waals surface area (Å²) >= 11 is 0. The van der Waals surface area contributed by atoms with E-state index in [1.165, 1.54) is 23.2 Å². The number of pyridine rings is 1. The van der Waals surface area contributed by atoms with Crippen LogP contribution in [0.5, 0.6) is 5.88 Å². The summed E-state index contributed by atoms with van der Waals surface area (Å²) in [5.41, 5.74) is -0.667. The summed E-state index contributed by atoms with van der Waals surface area (Å²) in [6.45, 7) is -1.01. The van der Waals surface area contributed by atoms with E-state index >= 15 is 0 Å². The number of carboxylic acid groups (broad SMARTS) is 1. The average Bonchev–Trinajstić information content (AvgIpc) is 3.11. The summed E-state index contributed by atoms with van der Waals surface area (Å²) < 4.78 is 41.1. The van der Waals surface area contributed by atoms with Crippen molar-refractivity contribution in [3.8, 4) is 5.88 Å². The molecule has 7 nitrogen and oxygen atoms in total. The van der Waals surface area contributed by atoms with E-state index in [2.05, 4.69) is 15.0 Å². The number of alkyl halides is 3. The van der Waals surface area contributed by atoms with Gasteiger partial charge in [0, 0.05) is 31.0 Å². The molecule has 2 atom stereocenters. The monoisotopic (exact) mass is 373 g/mol. The molecular weight excluding hydrogens is 355 g/mol. The summed E-state index contributed by atoms with van der Waals surface area (Å²) in [4.78, 5) is 29.2. The second kappa shape index (κ2) is 6.65. The molecule has 1 aromatic heterocycles. The minimum Gasteiger partial charge on any atom is -0.481 e. The number of nitrogens with zero attached hydrogens (tertiary/aromatic N) is 2. The molecule has 2 N–H and O–H groups in total. The topological polar surface area (TPSA) is 91.8 Å². The Balaban J connectivity index is 1.63. The molecule has 0 spiro atoms. The number of amides is 2. The van der Waals surface area contributed by atoms with E-state index in [-0.39, 0.29) is 24.0 Å². The van der Waals surface area contributed by atoms with Crippen LogP contribution in [-0.2, 0) is 4.79 Å². The Hall–Kier alpha value is -2.52. The van der Waals surface area contributed by atoms with Crippen molar-refractivity contribution in [2.75, 3.05) is 25.0 Å². The van der Waals surface area contributed by atoms with Crippen LogP contribution >= 0.6 is 0 Å². The maximum absolute atomic E-state index is 12.4. The highest BCUT2D eigenvalue weighted by Crippen LogP contribution is 2.48. The van der Waals surface area contributed by atoms with Crippen molar-refractivity contribution in [3.63, 3.8) is 0 Å². The lowest BCUT2D eigenvalue weighted by Crippen LogP contribution is -2.38. The minimum absolute atomic E-state index is 0.0751. The van der Waals surface area contributed by atoms with Gasteiger partial charge in [0.05, 0.1) is 5.41 Å². The molecule has 2 fully saturated rings. The van der Waals surface area contributed by atoms with Crippen LogP contribution in [0, 0.1) is 11.3 Å². The Morgan fingerprint density at radius 2 is 2.23 bits per heavy atom. The number of hydrogen-bond acceptors (Lipinski definition) is 4. The molecule has 1 aliphatic heterocycles. The van der Waals surface area contributed by atoms with Crippen LogP contribution in [0.4, 0.5) is 23.7 Å². The van der Waals surface area contributed by atoms with E-state index in [1.807, 2.05) is 0 Å². The maximum Gasteiger partial charge on any atom is 0.422 e. The average molecular weight is 373 g/mol. The van der Waals surface area contributed by atoms with Gasteiger partial charge in [-0.3, -0.25) is 4.79 Å². The fourth-order valence-electron chi connectivity index (χ4n) is 3.72. The zero-order chi connectivity index (χ0) is 18.9. The number of likely N-dealkylation sites (tertiary alicyclic amines) is 1. The van der Waals surface area contributed by atoms with E-state index in [0.29, 0.717) is 13.0 Å². The van der Waals surface area contributed by atoms with Gasteiger partial charge in [-0.1, -0.05) is 6.42 Å². The van der Waals surface area contributed by atoms with Gasteiger partial charge in [0.2, 0.25) is 5.88 Å². The van der Waals surface area contributed by atoms with Gasteiger partial charge in [0.15, 0.2) is 6.61 Å². The molecule has 3 rings (SSSR count). The number of ether oxygens (including phenoxy) is 1. The molecule has 0 unspecified atom stereocenters. The van der Waals surface area contributed by atoms with Crippen LogP contribution in [0.25, 0.3) is 0 Å². The van der Waals surface area contributed by atoms with Crippen molar-refractivity contribution in [1.82, 2.24) is 9.88 Å². The van der Waals surface area contributed by atoms with E-state index in [9.17, 15) is 27.9 Å². The molecule has 1 saturated heterocycles. The Kier molecular flexibility index (Phi) is 4.68. The standard InChI is InChI=1S/C16H18F3N3O4/c17-16(18,19)9-26-12-6-11(3-5-20-12)21-14(25)22-7-10-2-1-4-15(10,8-22)13(23)24/h3,5-6,10H,1-2,4,7-9H2,(H,23,24)(H,20,21,25)/t10-,15+/m0/s1. The van der Waals surface area contributed by atoms with Crippen molar-refractivity contribution in [2.24, 2.45) is 11.3 Å². The van der Waals surface area contributed by atoms with E-state index < -0.39 is 30.2 Å². The molecule has 0 radical (unpaired) electrons. The molecule has 1 saturated carbocycles. The lowest BCUT2D eigenvalue weighted by Gasteiger charge is -2.23. The highest BCUT2D eigenvalue weighted by Gasteiger charge is 2.55. The number of carboxylic acids is 1. The van der Waals surface area contributed by atoms with Crippen LogP contribution in [0.15, 0.2) is 18.3 Å². The van der Waals surface area contributed by atoms with Gasteiger partial charge >= 0.3 is 18.2 Å². The Labute approximate surface area is 147 Å². The highest BCUT2D eigenvalue weighted by atomic mass is 19.4. The molecule has 2 aliphatic rings. The molecule has 1 aromatic rings. The zero-order valence-electron chi connectivity index (χ0n) is 13.8. The zero-order valence-corrected chi connectivity index (χ0v) is 13.8. The lowest BCUT2D eigenvalue weighted by molar-refractivity contribution is -0.154. The summed E-state index contributed by atoms with van der Waals surface area (Å²) in [5, 5.41) is 12.1. The van der Waals surface area contributed by atoms with E-state index in [1.54, 1.807) is 0 Å². The van der Waals surface area contributed by atoms with Gasteiger partial charge in [-0.2, -0.15) is 13.2 Å². The molecule has 0 bridgehead atoms. The first kappa shape index (κ1) is 18.3. The number of carbonyl (C=O) groups excluding carboxylic acids is 1. The van der Waals surface area contributed by atoms with Crippen LogP contribution in [0.2, 0.25) is 0 Å². The summed E-state index contributed by atoms with van der Waals surface area (Å²) in [6.07, 6.45) is -1.13. The smallest absolute Gasteiger partial charge is 0.422 e. The Bertz CT molecular complexity index is 712. The number of nitrogens with one attached hydrogen (secondary N) is 1. The van der Waals surface area contributed by atoms with Crippen LogP contribution in [0.1, 0.15) is 19.3 Å². The van der Waals surface area contributed by atoms with E-state index in [0.717, 1.165) is 12.8 Å². The molecule has 0 aromatic carbocycles. The second-order valence-electron chi connectivity index (χ2n) is 6.65. The third-order valence-electron chi connectivity index (χ3n) is 4.95. The minimum atomic E-state index is -4.49. The molecule has 1 aliphatic carbocycles. The molecule has 142 valence electrons. The second-order valence-corrected chi connectivity index (χ2v) is 6.65. The summed E-state index contributed by atoms with van der Waals surface area (Å²) in [6, 6.07) is 2.11. The van der Waals surface area contributed by atoms with Gasteiger partial charge in [0.1, 0.15) is 0 Å². The largest absolute Gasteiger partial charge is 0.481 e. The van der Waals surface area contributed by atoms with Gasteiger partial charge in [-0.25, -0.2) is 9.78 Å². The molecule has 2 heterocycles. The molecule has 10 heteroatoms. The van der Waals surface area contributed by atoms with Gasteiger partial charge in [-0.05, 0) is 24.8 Å². The first-order valence-corrected chi connectivity index (χ1v) is 8.14. The van der Waals surface area contributed by atoms with Crippen LogP contribution in [0.3, 0.4) is 0 Å². The first-order valence-electron chi connectivity index (χ1n) is 8.14. The molecule has 2 amide bonds.